The largest absolute Gasteiger partial charge is 0.430 e. The molecule has 1 atom stereocenters. The van der Waals surface area contributed by atoms with Crippen molar-refractivity contribution >= 4 is 21.8 Å². The maximum atomic E-state index is 14.5. The first kappa shape index (κ1) is 37.9. The zero-order valence-electron chi connectivity index (χ0n) is 26.4. The summed E-state index contributed by atoms with van der Waals surface area (Å²) in [5.41, 5.74) is -2.85. The molecule has 5 rings (SSSR count). The molecule has 3 amide bonds. The third-order valence-electron chi connectivity index (χ3n) is 9.45. The monoisotopic (exact) mass is 751 g/mol. The van der Waals surface area contributed by atoms with Gasteiger partial charge in [0.05, 0.1) is 11.5 Å². The van der Waals surface area contributed by atoms with Crippen LogP contribution in [0.2, 0.25) is 0 Å². The lowest BCUT2D eigenvalue weighted by molar-refractivity contribution is -0.392. The smallest absolute Gasteiger partial charge is 0.351 e. The Morgan fingerprint density at radius 2 is 1.35 bits per heavy atom. The number of rotatable bonds is 8. The van der Waals surface area contributed by atoms with Crippen LogP contribution in [0.25, 0.3) is 0 Å². The van der Waals surface area contributed by atoms with E-state index in [0.29, 0.717) is 24.3 Å². The van der Waals surface area contributed by atoms with Gasteiger partial charge in [-0.15, -0.1) is 0 Å². The average molecular weight is 752 g/mol. The second-order valence-electron chi connectivity index (χ2n) is 12.3. The van der Waals surface area contributed by atoms with Gasteiger partial charge in [-0.05, 0) is 61.2 Å². The van der Waals surface area contributed by atoms with Crippen LogP contribution < -0.4 is 5.73 Å². The maximum absolute atomic E-state index is 14.5. The standard InChI is InChI=1S/C33H30F9N3O5S/c34-23-8-10-24(11-9-23)51(48,49)30(14-17-45(19-30)28(46)20-12-15-44(16-13-20)29(43)47)21-4-6-22(7-5-21)31(32(37,38)39,33(40,41)42)50-18-25-26(35)2-1-3-27(25)36/h1-11,20H,12-19H2,(H2,43,47). The molecule has 0 saturated carbocycles. The Bertz CT molecular complexity index is 1850. The van der Waals surface area contributed by atoms with Crippen molar-refractivity contribution in [2.45, 2.75) is 53.5 Å². The van der Waals surface area contributed by atoms with Gasteiger partial charge in [-0.2, -0.15) is 26.3 Å². The lowest BCUT2D eigenvalue weighted by Crippen LogP contribution is -2.56. The highest BCUT2D eigenvalue weighted by molar-refractivity contribution is 7.92. The van der Waals surface area contributed by atoms with E-state index in [-0.39, 0.29) is 44.5 Å². The molecule has 276 valence electrons. The fourth-order valence-electron chi connectivity index (χ4n) is 6.62. The van der Waals surface area contributed by atoms with Gasteiger partial charge in [-0.3, -0.25) is 4.79 Å². The molecule has 2 fully saturated rings. The van der Waals surface area contributed by atoms with E-state index in [1.165, 1.54) is 9.80 Å². The van der Waals surface area contributed by atoms with Crippen molar-refractivity contribution in [1.82, 2.24) is 9.80 Å². The zero-order valence-corrected chi connectivity index (χ0v) is 27.2. The first-order chi connectivity index (χ1) is 23.7. The number of benzene rings is 3. The van der Waals surface area contributed by atoms with Gasteiger partial charge in [0.1, 0.15) is 22.2 Å². The van der Waals surface area contributed by atoms with E-state index in [9.17, 15) is 57.5 Å². The molecule has 51 heavy (non-hydrogen) atoms. The van der Waals surface area contributed by atoms with E-state index in [0.717, 1.165) is 42.5 Å². The molecule has 0 aliphatic carbocycles. The molecule has 8 nitrogen and oxygen atoms in total. The van der Waals surface area contributed by atoms with E-state index < -0.39 is 97.0 Å². The number of carbonyl (C=O) groups excluding carboxylic acids is 2. The van der Waals surface area contributed by atoms with Crippen molar-refractivity contribution in [3.8, 4) is 0 Å². The lowest BCUT2D eigenvalue weighted by atomic mass is 9.88. The molecule has 3 aromatic rings. The summed E-state index contributed by atoms with van der Waals surface area (Å²) in [7, 11) is -4.64. The van der Waals surface area contributed by atoms with E-state index in [4.69, 9.17) is 5.73 Å². The van der Waals surface area contributed by atoms with E-state index >= 15 is 0 Å². The van der Waals surface area contributed by atoms with Crippen molar-refractivity contribution in [3.05, 3.63) is 101 Å². The predicted octanol–water partition coefficient (Wildman–Crippen LogP) is 6.33. The number of nitrogens with two attached hydrogens (primary N) is 1. The quantitative estimate of drug-likeness (QED) is 0.214. The molecule has 2 saturated heterocycles. The molecule has 18 heteroatoms. The average Bonchev–Trinajstić information content (AvgIpc) is 3.53. The van der Waals surface area contributed by atoms with Crippen LogP contribution in [0.3, 0.4) is 0 Å². The summed E-state index contributed by atoms with van der Waals surface area (Å²) in [6, 6.07) is 7.20. The minimum absolute atomic E-state index is 0.159. The molecular formula is C33H30F9N3O5S. The molecule has 2 heterocycles. The minimum Gasteiger partial charge on any atom is -0.351 e. The number of piperidine rings is 1. The summed E-state index contributed by atoms with van der Waals surface area (Å²) in [6.07, 6.45) is -12.4. The number of amides is 3. The van der Waals surface area contributed by atoms with Crippen LogP contribution in [-0.2, 0) is 36.3 Å². The number of hydrogen-bond donors (Lipinski definition) is 1. The normalized spacial score (nSPS) is 19.4. The molecule has 2 aliphatic heterocycles. The highest BCUT2D eigenvalue weighted by Gasteiger charge is 2.73. The molecular weight excluding hydrogens is 721 g/mol. The second kappa shape index (κ2) is 13.7. The number of carbonyl (C=O) groups is 2. The van der Waals surface area contributed by atoms with Gasteiger partial charge in [0, 0.05) is 43.2 Å². The Morgan fingerprint density at radius 1 is 0.804 bits per heavy atom. The van der Waals surface area contributed by atoms with Gasteiger partial charge in [0.25, 0.3) is 5.60 Å². The second-order valence-corrected chi connectivity index (χ2v) is 14.6. The number of likely N-dealkylation sites (tertiary alicyclic amines) is 2. The molecule has 0 aromatic heterocycles. The van der Waals surface area contributed by atoms with Crippen LogP contribution in [0.15, 0.2) is 71.6 Å². The van der Waals surface area contributed by atoms with Crippen LogP contribution in [-0.4, -0.2) is 68.7 Å². The number of hydrogen-bond acceptors (Lipinski definition) is 5. The molecule has 3 aromatic carbocycles. The molecule has 0 bridgehead atoms. The van der Waals surface area contributed by atoms with Crippen molar-refractivity contribution < 1.29 is 62.3 Å². The molecule has 2 aliphatic rings. The fourth-order valence-corrected chi connectivity index (χ4v) is 8.70. The highest BCUT2D eigenvalue weighted by Crippen LogP contribution is 2.54. The van der Waals surface area contributed by atoms with Gasteiger partial charge in [0.15, 0.2) is 9.84 Å². The Kier molecular flexibility index (Phi) is 10.2. The van der Waals surface area contributed by atoms with Crippen molar-refractivity contribution in [1.29, 1.82) is 0 Å². The third-order valence-corrected chi connectivity index (χ3v) is 11.9. The van der Waals surface area contributed by atoms with Gasteiger partial charge in [-0.25, -0.2) is 26.4 Å². The van der Waals surface area contributed by atoms with Gasteiger partial charge in [-0.1, -0.05) is 30.3 Å². The maximum Gasteiger partial charge on any atom is 0.430 e. The topological polar surface area (TPSA) is 110 Å². The summed E-state index contributed by atoms with van der Waals surface area (Å²) >= 11 is 0. The number of ether oxygens (including phenoxy) is 1. The first-order valence-electron chi connectivity index (χ1n) is 15.4. The summed E-state index contributed by atoms with van der Waals surface area (Å²) < 4.78 is 160. The van der Waals surface area contributed by atoms with Gasteiger partial charge in [0.2, 0.25) is 5.91 Å². The Balaban J connectivity index is 1.56. The molecule has 2 N–H and O–H groups in total. The summed E-state index contributed by atoms with van der Waals surface area (Å²) in [4.78, 5) is 27.2. The number of alkyl halides is 6. The van der Waals surface area contributed by atoms with Crippen LogP contribution >= 0.6 is 0 Å². The number of halogens is 9. The predicted molar refractivity (Wildman–Crippen MR) is 162 cm³/mol. The van der Waals surface area contributed by atoms with Crippen LogP contribution in [0.4, 0.5) is 44.3 Å². The number of primary amides is 1. The minimum atomic E-state index is -6.24. The van der Waals surface area contributed by atoms with E-state index in [1.54, 1.807) is 0 Å². The number of nitrogens with zero attached hydrogens (tertiary/aromatic N) is 2. The van der Waals surface area contributed by atoms with Gasteiger partial charge < -0.3 is 20.3 Å². The highest BCUT2D eigenvalue weighted by atomic mass is 32.2. The Labute approximate surface area is 285 Å². The summed E-state index contributed by atoms with van der Waals surface area (Å²) in [5, 5.41) is 0. The SMILES string of the molecule is NC(=O)N1CCC(C(=O)N2CCC(c3ccc(C(OCc4c(F)cccc4F)(C(F)(F)F)C(F)(F)F)cc3)(S(=O)(=O)c3ccc(F)cc3)C2)CC1. The van der Waals surface area contributed by atoms with Gasteiger partial charge >= 0.3 is 18.4 Å². The zero-order chi connectivity index (χ0) is 37.6. The van der Waals surface area contributed by atoms with Crippen molar-refractivity contribution in [2.75, 3.05) is 26.2 Å². The summed E-state index contributed by atoms with van der Waals surface area (Å²) in [5.74, 6) is -4.80. The van der Waals surface area contributed by atoms with Crippen molar-refractivity contribution in [3.63, 3.8) is 0 Å². The van der Waals surface area contributed by atoms with Crippen LogP contribution in [0.5, 0.6) is 0 Å². The fraction of sp³-hybridized carbons (Fsp3) is 0.394. The molecule has 1 unspecified atom stereocenters. The molecule has 0 radical (unpaired) electrons. The lowest BCUT2D eigenvalue weighted by Gasteiger charge is -2.38. The van der Waals surface area contributed by atoms with Crippen LogP contribution in [0, 0.1) is 23.4 Å². The Morgan fingerprint density at radius 3 is 1.86 bits per heavy atom. The van der Waals surface area contributed by atoms with E-state index in [2.05, 4.69) is 4.74 Å². The summed E-state index contributed by atoms with van der Waals surface area (Å²) in [6.45, 7) is -2.20. The third kappa shape index (κ3) is 6.74. The van der Waals surface area contributed by atoms with E-state index in [1.807, 2.05) is 0 Å². The Hall–Kier alpha value is -4.32. The van der Waals surface area contributed by atoms with Crippen molar-refractivity contribution in [2.24, 2.45) is 11.7 Å². The molecule has 0 spiro atoms. The number of urea groups is 1. The first-order valence-corrected chi connectivity index (χ1v) is 16.9. The van der Waals surface area contributed by atoms with Crippen LogP contribution in [0.1, 0.15) is 36.0 Å². The number of sulfone groups is 1.